The Morgan fingerprint density at radius 2 is 1.88 bits per heavy atom. The molecule has 0 saturated heterocycles. The lowest BCUT2D eigenvalue weighted by atomic mass is 9.84. The van der Waals surface area contributed by atoms with E-state index in [9.17, 15) is 4.79 Å². The van der Waals surface area contributed by atoms with Crippen LogP contribution in [0.3, 0.4) is 0 Å². The third kappa shape index (κ3) is 4.50. The summed E-state index contributed by atoms with van der Waals surface area (Å²) in [5.41, 5.74) is 2.81. The standard InChI is InChI=1S/C23H28O2/c1-3-5-17-7-9-18(10-8-17)19-11-12-21-16-22(14-13-20(21)15-19)25-23(24)6-4-2/h9,11-17H,3-8,10H2,1-2H3. The van der Waals surface area contributed by atoms with E-state index in [1.807, 2.05) is 19.1 Å². The van der Waals surface area contributed by atoms with E-state index in [-0.39, 0.29) is 5.97 Å². The predicted molar refractivity (Wildman–Crippen MR) is 105 cm³/mol. The molecule has 0 N–H and O–H groups in total. The van der Waals surface area contributed by atoms with Crippen molar-refractivity contribution >= 4 is 22.3 Å². The SMILES string of the molecule is CCCC(=O)Oc1ccc2cc(C3=CCC(CCC)CC3)ccc2c1. The summed E-state index contributed by atoms with van der Waals surface area (Å²) in [6.07, 6.45) is 10.1. The molecular formula is C23H28O2. The van der Waals surface area contributed by atoms with Crippen LogP contribution >= 0.6 is 0 Å². The molecule has 2 nitrogen and oxygen atoms in total. The zero-order chi connectivity index (χ0) is 17.6. The summed E-state index contributed by atoms with van der Waals surface area (Å²) in [5, 5.41) is 2.31. The number of carbonyl (C=O) groups excluding carboxylic acids is 1. The van der Waals surface area contributed by atoms with Gasteiger partial charge < -0.3 is 4.74 Å². The molecule has 0 bridgehead atoms. The van der Waals surface area contributed by atoms with Gasteiger partial charge in [0.25, 0.3) is 0 Å². The van der Waals surface area contributed by atoms with Crippen LogP contribution in [-0.2, 0) is 4.79 Å². The largest absolute Gasteiger partial charge is 0.427 e. The van der Waals surface area contributed by atoms with Crippen molar-refractivity contribution in [1.29, 1.82) is 0 Å². The van der Waals surface area contributed by atoms with Gasteiger partial charge in [0.05, 0.1) is 0 Å². The zero-order valence-corrected chi connectivity index (χ0v) is 15.4. The number of carbonyl (C=O) groups is 1. The Balaban J connectivity index is 1.76. The van der Waals surface area contributed by atoms with Crippen molar-refractivity contribution in [1.82, 2.24) is 0 Å². The molecule has 0 fully saturated rings. The Labute approximate surface area is 150 Å². The molecule has 25 heavy (non-hydrogen) atoms. The van der Waals surface area contributed by atoms with Crippen LogP contribution in [0.15, 0.2) is 42.5 Å². The summed E-state index contributed by atoms with van der Waals surface area (Å²) in [7, 11) is 0. The molecule has 2 heteroatoms. The number of rotatable bonds is 6. The third-order valence-electron chi connectivity index (χ3n) is 5.08. The van der Waals surface area contributed by atoms with E-state index in [0.717, 1.165) is 17.7 Å². The Bertz CT molecular complexity index is 773. The molecule has 2 aromatic carbocycles. The second-order valence-corrected chi connectivity index (χ2v) is 7.11. The molecule has 0 aromatic heterocycles. The second kappa shape index (κ2) is 8.33. The first-order chi connectivity index (χ1) is 12.2. The minimum absolute atomic E-state index is 0.160. The number of hydrogen-bond acceptors (Lipinski definition) is 2. The Morgan fingerprint density at radius 1 is 1.08 bits per heavy atom. The molecular weight excluding hydrogens is 308 g/mol. The van der Waals surface area contributed by atoms with Gasteiger partial charge in [-0.3, -0.25) is 4.79 Å². The molecule has 0 radical (unpaired) electrons. The van der Waals surface area contributed by atoms with Crippen molar-refractivity contribution in [2.24, 2.45) is 5.92 Å². The number of allylic oxidation sites excluding steroid dienone is 2. The van der Waals surface area contributed by atoms with Crippen LogP contribution in [0.5, 0.6) is 5.75 Å². The molecule has 0 amide bonds. The van der Waals surface area contributed by atoms with Crippen LogP contribution < -0.4 is 4.74 Å². The molecule has 3 rings (SSSR count). The topological polar surface area (TPSA) is 26.3 Å². The quantitative estimate of drug-likeness (QED) is 0.443. The van der Waals surface area contributed by atoms with Gasteiger partial charge in [-0.15, -0.1) is 0 Å². The predicted octanol–water partition coefficient (Wildman–Crippen LogP) is 6.53. The Morgan fingerprint density at radius 3 is 2.60 bits per heavy atom. The number of fused-ring (bicyclic) bond motifs is 1. The van der Waals surface area contributed by atoms with E-state index in [1.54, 1.807) is 0 Å². The highest BCUT2D eigenvalue weighted by Crippen LogP contribution is 2.34. The minimum Gasteiger partial charge on any atom is -0.427 e. The van der Waals surface area contributed by atoms with Crippen molar-refractivity contribution in [3.05, 3.63) is 48.0 Å². The minimum atomic E-state index is -0.160. The Hall–Kier alpha value is -2.09. The zero-order valence-electron chi connectivity index (χ0n) is 15.4. The molecule has 2 aromatic rings. The maximum Gasteiger partial charge on any atom is 0.311 e. The summed E-state index contributed by atoms with van der Waals surface area (Å²) in [4.78, 5) is 11.7. The van der Waals surface area contributed by atoms with Crippen molar-refractivity contribution in [3.8, 4) is 5.75 Å². The molecule has 0 aliphatic heterocycles. The summed E-state index contributed by atoms with van der Waals surface area (Å²) >= 11 is 0. The maximum absolute atomic E-state index is 11.7. The summed E-state index contributed by atoms with van der Waals surface area (Å²) < 4.78 is 5.39. The molecule has 1 aliphatic rings. The monoisotopic (exact) mass is 336 g/mol. The normalized spacial score (nSPS) is 17.4. The third-order valence-corrected chi connectivity index (χ3v) is 5.08. The van der Waals surface area contributed by atoms with Crippen LogP contribution in [0.25, 0.3) is 16.3 Å². The first-order valence-corrected chi connectivity index (χ1v) is 9.63. The highest BCUT2D eigenvalue weighted by molar-refractivity contribution is 5.88. The fraction of sp³-hybridized carbons (Fsp3) is 0.435. The molecule has 1 atom stereocenters. The van der Waals surface area contributed by atoms with Crippen molar-refractivity contribution < 1.29 is 9.53 Å². The van der Waals surface area contributed by atoms with Crippen molar-refractivity contribution in [2.45, 2.75) is 58.8 Å². The first-order valence-electron chi connectivity index (χ1n) is 9.63. The van der Waals surface area contributed by atoms with Crippen LogP contribution in [-0.4, -0.2) is 5.97 Å². The van der Waals surface area contributed by atoms with E-state index >= 15 is 0 Å². The van der Waals surface area contributed by atoms with E-state index in [1.165, 1.54) is 48.6 Å². The molecule has 0 saturated carbocycles. The second-order valence-electron chi connectivity index (χ2n) is 7.11. The van der Waals surface area contributed by atoms with Crippen molar-refractivity contribution in [3.63, 3.8) is 0 Å². The fourth-order valence-corrected chi connectivity index (χ4v) is 3.69. The van der Waals surface area contributed by atoms with Gasteiger partial charge in [0.1, 0.15) is 5.75 Å². The summed E-state index contributed by atoms with van der Waals surface area (Å²) in [6.45, 7) is 4.25. The van der Waals surface area contributed by atoms with Gasteiger partial charge in [0.15, 0.2) is 0 Å². The maximum atomic E-state index is 11.7. The summed E-state index contributed by atoms with van der Waals surface area (Å²) in [6, 6.07) is 12.5. The van der Waals surface area contributed by atoms with E-state index in [2.05, 4.69) is 37.3 Å². The van der Waals surface area contributed by atoms with E-state index in [4.69, 9.17) is 4.74 Å². The van der Waals surface area contributed by atoms with Gasteiger partial charge in [-0.2, -0.15) is 0 Å². The van der Waals surface area contributed by atoms with Crippen LogP contribution in [0, 0.1) is 5.92 Å². The van der Waals surface area contributed by atoms with E-state index in [0.29, 0.717) is 12.2 Å². The average molecular weight is 336 g/mol. The van der Waals surface area contributed by atoms with Crippen LogP contribution in [0.2, 0.25) is 0 Å². The highest BCUT2D eigenvalue weighted by Gasteiger charge is 2.15. The van der Waals surface area contributed by atoms with Crippen molar-refractivity contribution in [2.75, 3.05) is 0 Å². The van der Waals surface area contributed by atoms with Gasteiger partial charge in [0.2, 0.25) is 0 Å². The smallest absolute Gasteiger partial charge is 0.311 e. The van der Waals surface area contributed by atoms with Gasteiger partial charge in [-0.25, -0.2) is 0 Å². The molecule has 0 spiro atoms. The highest BCUT2D eigenvalue weighted by atomic mass is 16.5. The van der Waals surface area contributed by atoms with Gasteiger partial charge in [-0.1, -0.05) is 51.0 Å². The lowest BCUT2D eigenvalue weighted by Crippen LogP contribution is -2.06. The van der Waals surface area contributed by atoms with Crippen LogP contribution in [0.4, 0.5) is 0 Å². The lowest BCUT2D eigenvalue weighted by Gasteiger charge is -2.21. The number of hydrogen-bond donors (Lipinski definition) is 0. The fourth-order valence-electron chi connectivity index (χ4n) is 3.69. The number of ether oxygens (including phenoxy) is 1. The lowest BCUT2D eigenvalue weighted by molar-refractivity contribution is -0.134. The van der Waals surface area contributed by atoms with Gasteiger partial charge in [-0.05, 0) is 71.7 Å². The summed E-state index contributed by atoms with van der Waals surface area (Å²) in [5.74, 6) is 1.35. The first kappa shape index (κ1) is 17.7. The molecule has 1 aliphatic carbocycles. The number of benzene rings is 2. The molecule has 132 valence electrons. The molecule has 0 heterocycles. The van der Waals surface area contributed by atoms with Gasteiger partial charge >= 0.3 is 5.97 Å². The van der Waals surface area contributed by atoms with Crippen LogP contribution in [0.1, 0.15) is 64.4 Å². The Kier molecular flexibility index (Phi) is 5.91. The number of esters is 1. The molecule has 1 unspecified atom stereocenters. The van der Waals surface area contributed by atoms with Gasteiger partial charge in [0, 0.05) is 6.42 Å². The van der Waals surface area contributed by atoms with E-state index < -0.39 is 0 Å². The average Bonchev–Trinajstić information content (AvgIpc) is 2.62.